The first kappa shape index (κ1) is 24.4. The Balaban J connectivity index is 1.16. The first-order valence-corrected chi connectivity index (χ1v) is 11.6. The van der Waals surface area contributed by atoms with E-state index in [0.29, 0.717) is 13.1 Å². The number of benzene rings is 3. The summed E-state index contributed by atoms with van der Waals surface area (Å²) in [5.74, 6) is -0.704. The normalized spacial score (nSPS) is 11.1. The van der Waals surface area contributed by atoms with Crippen LogP contribution >= 0.6 is 0 Å². The Morgan fingerprint density at radius 1 is 0.943 bits per heavy atom. The van der Waals surface area contributed by atoms with E-state index in [1.54, 1.807) is 24.3 Å². The molecule has 0 fully saturated rings. The van der Waals surface area contributed by atoms with Gasteiger partial charge in [0.1, 0.15) is 18.2 Å². The van der Waals surface area contributed by atoms with Crippen molar-refractivity contribution in [3.8, 4) is 0 Å². The van der Waals surface area contributed by atoms with Crippen molar-refractivity contribution in [2.45, 2.75) is 26.0 Å². The summed E-state index contributed by atoms with van der Waals surface area (Å²) in [7, 11) is 1.99. The van der Waals surface area contributed by atoms with Crippen molar-refractivity contribution in [3.05, 3.63) is 101 Å². The average Bonchev–Trinajstić information content (AvgIpc) is 3.27. The molecule has 0 unspecified atom stereocenters. The number of aromatic amines is 1. The maximum absolute atomic E-state index is 13.7. The van der Waals surface area contributed by atoms with E-state index >= 15 is 0 Å². The number of carbonyl (C=O) groups excluding carboxylic acids is 1. The van der Waals surface area contributed by atoms with Crippen LogP contribution in [0, 0.1) is 11.6 Å². The standard InChI is InChI=1S/C28H29F2N3O2/c1-33(27-16-32-26-13-12-24(30)15-25(26)27)17-21-6-4-20(5-7-21)3-2-14-31-28(34)19-35-18-22-8-10-23(29)11-9-22/h4-13,15-16,32H,2-3,14,17-19H2,1H3,(H,31,34). The summed E-state index contributed by atoms with van der Waals surface area (Å²) in [6.07, 6.45) is 3.58. The van der Waals surface area contributed by atoms with Crippen LogP contribution in [0.5, 0.6) is 0 Å². The molecule has 35 heavy (non-hydrogen) atoms. The van der Waals surface area contributed by atoms with Gasteiger partial charge in [-0.2, -0.15) is 0 Å². The predicted molar refractivity (Wildman–Crippen MR) is 134 cm³/mol. The Morgan fingerprint density at radius 3 is 2.40 bits per heavy atom. The van der Waals surface area contributed by atoms with Crippen LogP contribution in [0.4, 0.5) is 14.5 Å². The second kappa shape index (κ2) is 11.6. The van der Waals surface area contributed by atoms with Crippen LogP contribution in [-0.2, 0) is 29.1 Å². The molecule has 4 aromatic rings. The highest BCUT2D eigenvalue weighted by molar-refractivity contribution is 5.92. The number of hydrogen-bond donors (Lipinski definition) is 2. The van der Waals surface area contributed by atoms with Gasteiger partial charge in [-0.3, -0.25) is 4.79 Å². The summed E-state index contributed by atoms with van der Waals surface area (Å²) in [6, 6.07) is 19.2. The van der Waals surface area contributed by atoms with E-state index in [2.05, 4.69) is 39.5 Å². The topological polar surface area (TPSA) is 57.4 Å². The van der Waals surface area contributed by atoms with Gasteiger partial charge in [0.05, 0.1) is 12.3 Å². The second-order valence-corrected chi connectivity index (χ2v) is 8.61. The first-order valence-electron chi connectivity index (χ1n) is 11.6. The molecule has 2 N–H and O–H groups in total. The third-order valence-corrected chi connectivity index (χ3v) is 5.86. The SMILES string of the molecule is CN(Cc1ccc(CCCNC(=O)COCc2ccc(F)cc2)cc1)c1c[nH]c2ccc(F)cc12. The van der Waals surface area contributed by atoms with Crippen LogP contribution in [0.15, 0.2) is 72.9 Å². The molecule has 0 saturated heterocycles. The largest absolute Gasteiger partial charge is 0.369 e. The lowest BCUT2D eigenvalue weighted by Gasteiger charge is -2.18. The molecule has 0 atom stereocenters. The molecule has 0 saturated carbocycles. The Labute approximate surface area is 203 Å². The van der Waals surface area contributed by atoms with E-state index in [1.807, 2.05) is 13.2 Å². The molecule has 0 aliphatic heterocycles. The minimum Gasteiger partial charge on any atom is -0.369 e. The van der Waals surface area contributed by atoms with Crippen molar-refractivity contribution in [1.29, 1.82) is 0 Å². The molecule has 0 spiro atoms. The van der Waals surface area contributed by atoms with Gasteiger partial charge in [0.2, 0.25) is 5.91 Å². The number of halogens is 2. The van der Waals surface area contributed by atoms with Gasteiger partial charge in [-0.25, -0.2) is 8.78 Å². The van der Waals surface area contributed by atoms with Crippen molar-refractivity contribution >= 4 is 22.5 Å². The number of nitrogens with one attached hydrogen (secondary N) is 2. The molecular formula is C28H29F2N3O2. The van der Waals surface area contributed by atoms with Gasteiger partial charge >= 0.3 is 0 Å². The van der Waals surface area contributed by atoms with Gasteiger partial charge in [0.15, 0.2) is 0 Å². The maximum atomic E-state index is 13.7. The van der Waals surface area contributed by atoms with E-state index < -0.39 is 0 Å². The number of amides is 1. The van der Waals surface area contributed by atoms with Gasteiger partial charge < -0.3 is 19.9 Å². The van der Waals surface area contributed by atoms with Crippen LogP contribution in [-0.4, -0.2) is 31.1 Å². The summed E-state index contributed by atoms with van der Waals surface area (Å²) in [4.78, 5) is 17.2. The third-order valence-electron chi connectivity index (χ3n) is 5.86. The average molecular weight is 478 g/mol. The lowest BCUT2D eigenvalue weighted by molar-refractivity contribution is -0.126. The number of aryl methyl sites for hydroxylation is 1. The highest BCUT2D eigenvalue weighted by Crippen LogP contribution is 2.27. The summed E-state index contributed by atoms with van der Waals surface area (Å²) >= 11 is 0. The highest BCUT2D eigenvalue weighted by Gasteiger charge is 2.10. The molecule has 0 aliphatic carbocycles. The lowest BCUT2D eigenvalue weighted by Crippen LogP contribution is -2.28. The fourth-order valence-corrected chi connectivity index (χ4v) is 3.98. The summed E-state index contributed by atoms with van der Waals surface area (Å²) in [5.41, 5.74) is 5.06. The van der Waals surface area contributed by atoms with E-state index in [4.69, 9.17) is 4.74 Å². The Bertz CT molecular complexity index is 1250. The molecule has 1 aromatic heterocycles. The molecule has 3 aromatic carbocycles. The number of ether oxygens (including phenoxy) is 1. The number of H-pyrrole nitrogens is 1. The van der Waals surface area contributed by atoms with Crippen molar-refractivity contribution in [1.82, 2.24) is 10.3 Å². The minimum absolute atomic E-state index is 0.0251. The Morgan fingerprint density at radius 2 is 1.63 bits per heavy atom. The quantitative estimate of drug-likeness (QED) is 0.287. The van der Waals surface area contributed by atoms with Gasteiger partial charge in [-0.05, 0) is 59.9 Å². The molecule has 4 rings (SSSR count). The molecule has 0 bridgehead atoms. The van der Waals surface area contributed by atoms with Gasteiger partial charge in [-0.1, -0.05) is 36.4 Å². The van der Waals surface area contributed by atoms with Crippen LogP contribution < -0.4 is 10.2 Å². The number of nitrogens with zero attached hydrogens (tertiary/aromatic N) is 1. The van der Waals surface area contributed by atoms with E-state index in [-0.39, 0.29) is 30.8 Å². The minimum atomic E-state index is -0.295. The predicted octanol–water partition coefficient (Wildman–Crippen LogP) is 5.35. The number of hydrogen-bond acceptors (Lipinski definition) is 3. The Kier molecular flexibility index (Phi) is 8.11. The molecule has 0 radical (unpaired) electrons. The smallest absolute Gasteiger partial charge is 0.246 e. The number of anilines is 1. The molecule has 7 heteroatoms. The van der Waals surface area contributed by atoms with Crippen molar-refractivity contribution < 1.29 is 18.3 Å². The molecular weight excluding hydrogens is 448 g/mol. The number of aromatic nitrogens is 1. The molecule has 1 amide bonds. The van der Waals surface area contributed by atoms with E-state index in [1.165, 1.54) is 23.8 Å². The number of rotatable bonds is 11. The van der Waals surface area contributed by atoms with Crippen molar-refractivity contribution in [3.63, 3.8) is 0 Å². The first-order chi connectivity index (χ1) is 17.0. The summed E-state index contributed by atoms with van der Waals surface area (Å²) < 4.78 is 31.9. The lowest BCUT2D eigenvalue weighted by atomic mass is 10.1. The van der Waals surface area contributed by atoms with Crippen LogP contribution in [0.1, 0.15) is 23.1 Å². The molecule has 182 valence electrons. The Hall–Kier alpha value is -3.71. The fourth-order valence-electron chi connectivity index (χ4n) is 3.98. The monoisotopic (exact) mass is 477 g/mol. The second-order valence-electron chi connectivity index (χ2n) is 8.61. The maximum Gasteiger partial charge on any atom is 0.246 e. The van der Waals surface area contributed by atoms with Crippen LogP contribution in [0.2, 0.25) is 0 Å². The van der Waals surface area contributed by atoms with E-state index in [0.717, 1.165) is 40.6 Å². The van der Waals surface area contributed by atoms with Gasteiger partial charge in [0, 0.05) is 37.2 Å². The molecule has 0 aliphatic rings. The van der Waals surface area contributed by atoms with E-state index in [9.17, 15) is 13.6 Å². The van der Waals surface area contributed by atoms with Crippen molar-refractivity contribution in [2.75, 3.05) is 25.1 Å². The molecule has 1 heterocycles. The van der Waals surface area contributed by atoms with Crippen LogP contribution in [0.25, 0.3) is 10.9 Å². The number of carbonyl (C=O) groups is 1. The summed E-state index contributed by atoms with van der Waals surface area (Å²) in [5, 5.41) is 3.73. The van der Waals surface area contributed by atoms with Crippen molar-refractivity contribution in [2.24, 2.45) is 0 Å². The van der Waals surface area contributed by atoms with Gasteiger partial charge in [-0.15, -0.1) is 0 Å². The van der Waals surface area contributed by atoms with Gasteiger partial charge in [0.25, 0.3) is 0 Å². The third kappa shape index (κ3) is 6.90. The zero-order chi connectivity index (χ0) is 24.6. The zero-order valence-corrected chi connectivity index (χ0v) is 19.7. The summed E-state index contributed by atoms with van der Waals surface area (Å²) in [6.45, 7) is 1.52. The van der Waals surface area contributed by atoms with Crippen LogP contribution in [0.3, 0.4) is 0 Å². The number of fused-ring (bicyclic) bond motifs is 1. The molecule has 5 nitrogen and oxygen atoms in total. The highest BCUT2D eigenvalue weighted by atomic mass is 19.1. The zero-order valence-electron chi connectivity index (χ0n) is 19.7. The fraction of sp³-hybridized carbons (Fsp3) is 0.250.